The van der Waals surface area contributed by atoms with Crippen LogP contribution in [0.2, 0.25) is 0 Å². The van der Waals surface area contributed by atoms with Gasteiger partial charge in [-0.25, -0.2) is 14.6 Å². The molecule has 35 heavy (non-hydrogen) atoms. The highest BCUT2D eigenvalue weighted by atomic mass is 32.1. The molecule has 1 aliphatic heterocycles. The molecule has 0 atom stereocenters. The first kappa shape index (κ1) is 22.4. The van der Waals surface area contributed by atoms with Crippen LogP contribution in [0.4, 0.5) is 5.69 Å². The van der Waals surface area contributed by atoms with E-state index in [4.69, 9.17) is 9.47 Å². The molecular weight excluding hydrogens is 468 g/mol. The largest absolute Gasteiger partial charge is 0.422 e. The van der Waals surface area contributed by atoms with Crippen LogP contribution in [0.1, 0.15) is 44.0 Å². The highest BCUT2D eigenvalue weighted by Crippen LogP contribution is 2.30. The van der Waals surface area contributed by atoms with Crippen LogP contribution in [0, 0.1) is 5.92 Å². The van der Waals surface area contributed by atoms with Gasteiger partial charge in [0.05, 0.1) is 5.56 Å². The number of thiophene rings is 1. The zero-order valence-electron chi connectivity index (χ0n) is 18.2. The molecule has 1 N–H and O–H groups in total. The Morgan fingerprint density at radius 2 is 1.91 bits per heavy atom. The van der Waals surface area contributed by atoms with E-state index in [2.05, 4.69) is 10.3 Å². The summed E-state index contributed by atoms with van der Waals surface area (Å²) in [5.41, 5.74) is 1.97. The van der Waals surface area contributed by atoms with Crippen molar-refractivity contribution in [3.05, 3.63) is 87.2 Å². The number of cyclic esters (lactones) is 1. The fourth-order valence-electron chi connectivity index (χ4n) is 3.36. The van der Waals surface area contributed by atoms with Crippen LogP contribution >= 0.6 is 11.3 Å². The fraction of sp³-hybridized carbons (Fsp3) is 0.115. The molecule has 1 aromatic heterocycles. The number of aliphatic imine (C=N–C) groups is 1. The number of carbonyl (C=O) groups is 4. The molecule has 0 radical (unpaired) electrons. The smallest absolute Gasteiger partial charge is 0.363 e. The number of carbonyl (C=O) groups excluding carboxylic acids is 4. The van der Waals surface area contributed by atoms with Gasteiger partial charge in [0.1, 0.15) is 10.6 Å². The molecule has 2 aromatic carbocycles. The molecule has 1 saturated carbocycles. The molecule has 0 bridgehead atoms. The van der Waals surface area contributed by atoms with Gasteiger partial charge in [0.2, 0.25) is 11.8 Å². The Morgan fingerprint density at radius 1 is 1.11 bits per heavy atom. The number of esters is 2. The molecule has 9 heteroatoms. The van der Waals surface area contributed by atoms with Crippen molar-refractivity contribution in [2.75, 3.05) is 5.32 Å². The summed E-state index contributed by atoms with van der Waals surface area (Å²) in [6, 6.07) is 14.8. The third-order valence-corrected chi connectivity index (χ3v) is 6.21. The van der Waals surface area contributed by atoms with Gasteiger partial charge in [-0.3, -0.25) is 9.59 Å². The number of anilines is 1. The number of aldehydes is 1. The lowest BCUT2D eigenvalue weighted by Gasteiger charge is -2.06. The molecule has 3 aromatic rings. The Morgan fingerprint density at radius 3 is 2.60 bits per heavy atom. The van der Waals surface area contributed by atoms with Crippen LogP contribution in [-0.2, 0) is 14.3 Å². The molecule has 0 unspecified atom stereocenters. The summed E-state index contributed by atoms with van der Waals surface area (Å²) in [5, 5.41) is 4.60. The van der Waals surface area contributed by atoms with E-state index in [9.17, 15) is 19.2 Å². The van der Waals surface area contributed by atoms with Gasteiger partial charge >= 0.3 is 11.9 Å². The normalized spacial score (nSPS) is 15.9. The molecule has 2 aliphatic rings. The number of hydrogen-bond donors (Lipinski definition) is 1. The number of ether oxygens (including phenoxy) is 2. The Hall–Kier alpha value is -4.37. The Kier molecular flexibility index (Phi) is 6.07. The zero-order valence-corrected chi connectivity index (χ0v) is 19.0. The summed E-state index contributed by atoms with van der Waals surface area (Å²) < 4.78 is 10.6. The van der Waals surface area contributed by atoms with Crippen LogP contribution in [0.25, 0.3) is 6.08 Å². The average Bonchev–Trinajstić information content (AvgIpc) is 3.45. The van der Waals surface area contributed by atoms with Crippen LogP contribution in [0.5, 0.6) is 5.75 Å². The molecule has 1 fully saturated rings. The average molecular weight is 487 g/mol. The summed E-state index contributed by atoms with van der Waals surface area (Å²) in [6.07, 6.45) is 3.90. The SMILES string of the molecule is O=Cc1cc(/C=C2/N=C(c3ccc(NC(=O)C4CC4)cc3)OC2=O)ccc1OC(=O)c1cccs1. The summed E-state index contributed by atoms with van der Waals surface area (Å²) in [5.74, 6) is -0.821. The van der Waals surface area contributed by atoms with E-state index in [1.165, 1.54) is 29.5 Å². The number of benzene rings is 2. The van der Waals surface area contributed by atoms with E-state index in [1.54, 1.807) is 47.8 Å². The predicted octanol–water partition coefficient (Wildman–Crippen LogP) is 4.47. The molecule has 2 heterocycles. The highest BCUT2D eigenvalue weighted by molar-refractivity contribution is 7.12. The lowest BCUT2D eigenvalue weighted by Crippen LogP contribution is -2.13. The van der Waals surface area contributed by atoms with Crippen LogP contribution in [-0.4, -0.2) is 30.0 Å². The standard InChI is InChI=1S/C26H18N2O6S/c29-14-18-12-15(3-10-21(18)33-26(32)22-2-1-11-35-22)13-20-25(31)34-24(28-20)17-6-8-19(9-7-17)27-23(30)16-4-5-16/h1-3,6-14,16H,4-5H2,(H,27,30)/b20-13+. The van der Waals surface area contributed by atoms with Crippen molar-refractivity contribution in [2.45, 2.75) is 12.8 Å². The van der Waals surface area contributed by atoms with Gasteiger partial charge in [0, 0.05) is 17.2 Å². The number of nitrogens with one attached hydrogen (secondary N) is 1. The van der Waals surface area contributed by atoms with E-state index in [1.807, 2.05) is 0 Å². The van der Waals surface area contributed by atoms with Crippen molar-refractivity contribution in [3.8, 4) is 5.75 Å². The first-order valence-corrected chi connectivity index (χ1v) is 11.7. The summed E-state index contributed by atoms with van der Waals surface area (Å²) in [6.45, 7) is 0. The molecule has 8 nitrogen and oxygen atoms in total. The maximum absolute atomic E-state index is 12.4. The van der Waals surface area contributed by atoms with Gasteiger partial charge in [0.25, 0.3) is 0 Å². The van der Waals surface area contributed by atoms with Gasteiger partial charge in [-0.2, -0.15) is 0 Å². The first-order chi connectivity index (χ1) is 17.0. The first-order valence-electron chi connectivity index (χ1n) is 10.8. The quantitative estimate of drug-likeness (QED) is 0.228. The minimum absolute atomic E-state index is 0.00889. The highest BCUT2D eigenvalue weighted by Gasteiger charge is 2.29. The number of hydrogen-bond acceptors (Lipinski definition) is 8. The summed E-state index contributed by atoms with van der Waals surface area (Å²) >= 11 is 1.24. The van der Waals surface area contributed by atoms with Crippen LogP contribution in [0.15, 0.2) is 70.7 Å². The van der Waals surface area contributed by atoms with Crippen molar-refractivity contribution in [1.82, 2.24) is 0 Å². The molecule has 0 spiro atoms. The third-order valence-electron chi connectivity index (χ3n) is 5.36. The van der Waals surface area contributed by atoms with E-state index in [-0.39, 0.29) is 34.7 Å². The second kappa shape index (κ2) is 9.47. The van der Waals surface area contributed by atoms with E-state index >= 15 is 0 Å². The summed E-state index contributed by atoms with van der Waals surface area (Å²) in [7, 11) is 0. The number of nitrogens with zero attached hydrogens (tertiary/aromatic N) is 1. The lowest BCUT2D eigenvalue weighted by atomic mass is 10.1. The van der Waals surface area contributed by atoms with Crippen LogP contribution in [0.3, 0.4) is 0 Å². The Bertz CT molecular complexity index is 1390. The van der Waals surface area contributed by atoms with Crippen molar-refractivity contribution in [2.24, 2.45) is 10.9 Å². The van der Waals surface area contributed by atoms with E-state index < -0.39 is 11.9 Å². The fourth-order valence-corrected chi connectivity index (χ4v) is 3.96. The molecule has 174 valence electrons. The van der Waals surface area contributed by atoms with Crippen molar-refractivity contribution in [3.63, 3.8) is 0 Å². The van der Waals surface area contributed by atoms with Gasteiger partial charge in [0.15, 0.2) is 12.0 Å². The number of rotatable bonds is 7. The topological polar surface area (TPSA) is 111 Å². The zero-order chi connectivity index (χ0) is 24.4. The van der Waals surface area contributed by atoms with E-state index in [0.29, 0.717) is 28.0 Å². The van der Waals surface area contributed by atoms with E-state index in [0.717, 1.165) is 12.8 Å². The van der Waals surface area contributed by atoms with Crippen LogP contribution < -0.4 is 10.1 Å². The second-order valence-electron chi connectivity index (χ2n) is 7.96. The molecule has 5 rings (SSSR count). The third kappa shape index (κ3) is 5.10. The second-order valence-corrected chi connectivity index (χ2v) is 8.91. The summed E-state index contributed by atoms with van der Waals surface area (Å²) in [4.78, 5) is 52.7. The lowest BCUT2D eigenvalue weighted by molar-refractivity contribution is -0.130. The maximum Gasteiger partial charge on any atom is 0.363 e. The Labute approximate surface area is 203 Å². The predicted molar refractivity (Wildman–Crippen MR) is 130 cm³/mol. The molecule has 1 amide bonds. The minimum atomic E-state index is -0.632. The monoisotopic (exact) mass is 486 g/mol. The minimum Gasteiger partial charge on any atom is -0.422 e. The van der Waals surface area contributed by atoms with Crippen molar-refractivity contribution in [1.29, 1.82) is 0 Å². The molecule has 1 aliphatic carbocycles. The Balaban J connectivity index is 1.32. The van der Waals surface area contributed by atoms with Gasteiger partial charge < -0.3 is 14.8 Å². The molecular formula is C26H18N2O6S. The molecule has 0 saturated heterocycles. The number of amides is 1. The van der Waals surface area contributed by atoms with Gasteiger partial charge in [-0.05, 0) is 72.3 Å². The maximum atomic E-state index is 12.4. The van der Waals surface area contributed by atoms with Gasteiger partial charge in [-0.15, -0.1) is 11.3 Å². The van der Waals surface area contributed by atoms with Crippen molar-refractivity contribution < 1.29 is 28.7 Å². The van der Waals surface area contributed by atoms with Gasteiger partial charge in [-0.1, -0.05) is 12.1 Å². The van der Waals surface area contributed by atoms with Crippen molar-refractivity contribution >= 4 is 53.1 Å².